The molecular weight excluding hydrogens is 292 g/mol. The molecule has 1 aliphatic heterocycles. The summed E-state index contributed by atoms with van der Waals surface area (Å²) in [5, 5.41) is 20.4. The topological polar surface area (TPSA) is 133 Å². The number of nitrogen functional groups attached to an aromatic ring is 1. The van der Waals surface area contributed by atoms with Crippen LogP contribution in [-0.4, -0.2) is 55.6 Å². The molecule has 4 unspecified atom stereocenters. The van der Waals surface area contributed by atoms with Gasteiger partial charge in [-0.1, -0.05) is 0 Å². The Kier molecular flexibility index (Phi) is 3.69. The van der Waals surface area contributed by atoms with Crippen LogP contribution in [0.15, 0.2) is 18.6 Å². The van der Waals surface area contributed by atoms with E-state index in [9.17, 15) is 15.0 Å². The molecule has 3 heterocycles. The lowest BCUT2D eigenvalue weighted by Crippen LogP contribution is -2.37. The van der Waals surface area contributed by atoms with Crippen LogP contribution in [0, 0.1) is 0 Å². The highest BCUT2D eigenvalue weighted by molar-refractivity contribution is 5.86. The fourth-order valence-corrected chi connectivity index (χ4v) is 2.63. The number of aliphatic hydroxyl groups is 2. The zero-order valence-corrected chi connectivity index (χ0v) is 11.8. The van der Waals surface area contributed by atoms with Gasteiger partial charge in [0.05, 0.1) is 12.0 Å². The van der Waals surface area contributed by atoms with Crippen molar-refractivity contribution in [2.45, 2.75) is 31.5 Å². The van der Waals surface area contributed by atoms with Crippen molar-refractivity contribution in [3.05, 3.63) is 18.6 Å². The fraction of sp³-hybridized carbons (Fsp3) is 0.462. The van der Waals surface area contributed by atoms with Gasteiger partial charge in [0, 0.05) is 13.1 Å². The Hall–Kier alpha value is -2.23. The molecular formula is C13H16N4O5. The van der Waals surface area contributed by atoms with Gasteiger partial charge in [0.2, 0.25) is 0 Å². The Morgan fingerprint density at radius 1 is 1.55 bits per heavy atom. The molecule has 0 bridgehead atoms. The molecule has 0 amide bonds. The van der Waals surface area contributed by atoms with E-state index in [1.54, 1.807) is 16.8 Å². The Bertz CT molecular complexity index is 703. The maximum Gasteiger partial charge on any atom is 0.303 e. The summed E-state index contributed by atoms with van der Waals surface area (Å²) >= 11 is 0. The molecule has 2 aromatic rings. The summed E-state index contributed by atoms with van der Waals surface area (Å²) in [6.07, 6.45) is -0.817. The second-order valence-electron chi connectivity index (χ2n) is 5.03. The van der Waals surface area contributed by atoms with Gasteiger partial charge in [0.25, 0.3) is 0 Å². The first-order chi connectivity index (χ1) is 10.5. The summed E-state index contributed by atoms with van der Waals surface area (Å²) in [6, 6.07) is 1.70. The minimum atomic E-state index is -1.15. The lowest BCUT2D eigenvalue weighted by molar-refractivity contribution is -0.153. The van der Waals surface area contributed by atoms with E-state index in [-0.39, 0.29) is 6.61 Å². The molecule has 0 saturated carbocycles. The maximum absolute atomic E-state index is 11.1. The van der Waals surface area contributed by atoms with E-state index >= 15 is 0 Å². The molecule has 1 fully saturated rings. The Labute approximate surface area is 125 Å². The molecule has 1 aliphatic rings. The van der Waals surface area contributed by atoms with Gasteiger partial charge in [-0.25, -0.2) is 9.97 Å². The molecule has 22 heavy (non-hydrogen) atoms. The lowest BCUT2D eigenvalue weighted by atomic mass is 10.1. The fourth-order valence-electron chi connectivity index (χ4n) is 2.63. The van der Waals surface area contributed by atoms with E-state index < -0.39 is 30.5 Å². The number of carbonyl (C=O) groups is 1. The van der Waals surface area contributed by atoms with Gasteiger partial charge in [-0.3, -0.25) is 4.79 Å². The Morgan fingerprint density at radius 2 is 2.32 bits per heavy atom. The number of nitrogens with zero attached hydrogens (tertiary/aromatic N) is 3. The van der Waals surface area contributed by atoms with Crippen LogP contribution >= 0.6 is 0 Å². The normalized spacial score (nSPS) is 28.1. The van der Waals surface area contributed by atoms with Crippen molar-refractivity contribution in [2.24, 2.45) is 0 Å². The van der Waals surface area contributed by atoms with Crippen molar-refractivity contribution in [3.8, 4) is 0 Å². The number of ether oxygens (including phenoxy) is 2. The first kappa shape index (κ1) is 14.7. The number of anilines is 1. The van der Waals surface area contributed by atoms with E-state index in [0.717, 1.165) is 0 Å². The molecule has 0 aliphatic carbocycles. The van der Waals surface area contributed by atoms with Crippen LogP contribution in [0.4, 0.5) is 5.82 Å². The highest BCUT2D eigenvalue weighted by Gasteiger charge is 2.46. The summed E-state index contributed by atoms with van der Waals surface area (Å²) in [6.45, 7) is 0.843. The van der Waals surface area contributed by atoms with Gasteiger partial charge in [0.15, 0.2) is 12.3 Å². The summed E-state index contributed by atoms with van der Waals surface area (Å²) in [4.78, 5) is 19.2. The molecule has 9 nitrogen and oxygen atoms in total. The van der Waals surface area contributed by atoms with Crippen LogP contribution in [0.2, 0.25) is 0 Å². The van der Waals surface area contributed by atoms with E-state index in [2.05, 4.69) is 9.97 Å². The molecule has 0 aromatic carbocycles. The first-order valence-electron chi connectivity index (χ1n) is 6.71. The lowest BCUT2D eigenvalue weighted by Gasteiger charge is -2.19. The number of hydrogen-bond donors (Lipinski definition) is 3. The molecule has 0 radical (unpaired) electrons. The number of hydrogen-bond acceptors (Lipinski definition) is 8. The van der Waals surface area contributed by atoms with Crippen molar-refractivity contribution >= 4 is 22.8 Å². The van der Waals surface area contributed by atoms with Crippen molar-refractivity contribution in [2.75, 3.05) is 12.3 Å². The number of carbonyl (C=O) groups excluding carboxylic acids is 1. The maximum atomic E-state index is 11.1. The average molecular weight is 308 g/mol. The number of aromatic nitrogens is 3. The highest BCUT2D eigenvalue weighted by Crippen LogP contribution is 2.34. The summed E-state index contributed by atoms with van der Waals surface area (Å²) in [5.41, 5.74) is 6.26. The number of rotatable bonds is 3. The number of nitrogens with two attached hydrogens (primary N) is 1. The predicted octanol–water partition coefficient (Wildman–Crippen LogP) is -0.804. The third-order valence-electron chi connectivity index (χ3n) is 3.61. The minimum Gasteiger partial charge on any atom is -0.457 e. The Balaban J connectivity index is 1.97. The minimum absolute atomic E-state index is 0.312. The summed E-state index contributed by atoms with van der Waals surface area (Å²) < 4.78 is 12.2. The van der Waals surface area contributed by atoms with Gasteiger partial charge in [-0.05, 0) is 6.07 Å². The van der Waals surface area contributed by atoms with E-state index in [0.29, 0.717) is 16.9 Å². The largest absolute Gasteiger partial charge is 0.457 e. The van der Waals surface area contributed by atoms with Gasteiger partial charge in [-0.15, -0.1) is 0 Å². The van der Waals surface area contributed by atoms with Gasteiger partial charge >= 0.3 is 5.97 Å². The predicted molar refractivity (Wildman–Crippen MR) is 74.5 cm³/mol. The SMILES string of the molecule is CC(=O)OC1C(CO)OC(n2ccc3c(N)ncnc32)C1O. The van der Waals surface area contributed by atoms with Crippen molar-refractivity contribution in [1.29, 1.82) is 0 Å². The van der Waals surface area contributed by atoms with Gasteiger partial charge in [-0.2, -0.15) is 0 Å². The van der Waals surface area contributed by atoms with E-state index in [4.69, 9.17) is 15.2 Å². The van der Waals surface area contributed by atoms with E-state index in [1.807, 2.05) is 0 Å². The summed E-state index contributed by atoms with van der Waals surface area (Å²) in [7, 11) is 0. The van der Waals surface area contributed by atoms with Crippen LogP contribution in [0.3, 0.4) is 0 Å². The number of esters is 1. The first-order valence-corrected chi connectivity index (χ1v) is 6.71. The average Bonchev–Trinajstić information content (AvgIpc) is 3.02. The van der Waals surface area contributed by atoms with E-state index in [1.165, 1.54) is 13.3 Å². The Morgan fingerprint density at radius 3 is 3.00 bits per heavy atom. The third-order valence-corrected chi connectivity index (χ3v) is 3.61. The number of fused-ring (bicyclic) bond motifs is 1. The quantitative estimate of drug-likeness (QED) is 0.627. The molecule has 2 aromatic heterocycles. The van der Waals surface area contributed by atoms with Crippen LogP contribution < -0.4 is 5.73 Å². The monoisotopic (exact) mass is 308 g/mol. The zero-order valence-electron chi connectivity index (χ0n) is 11.8. The second kappa shape index (κ2) is 5.52. The van der Waals surface area contributed by atoms with Gasteiger partial charge in [0.1, 0.15) is 30.0 Å². The standard InChI is InChI=1S/C13H16N4O5/c1-6(19)21-10-8(4-18)22-13(9(10)20)17-3-2-7-11(14)15-5-16-12(7)17/h2-3,5,8-10,13,18,20H,4H2,1H3,(H2,14,15,16). The molecule has 4 N–H and O–H groups in total. The molecule has 4 atom stereocenters. The zero-order chi connectivity index (χ0) is 15.9. The smallest absolute Gasteiger partial charge is 0.303 e. The molecule has 9 heteroatoms. The van der Waals surface area contributed by atoms with Crippen molar-refractivity contribution in [3.63, 3.8) is 0 Å². The summed E-state index contributed by atoms with van der Waals surface area (Å²) in [5.74, 6) is -0.248. The molecule has 1 saturated heterocycles. The van der Waals surface area contributed by atoms with Crippen LogP contribution in [0.25, 0.3) is 11.0 Å². The molecule has 0 spiro atoms. The van der Waals surface area contributed by atoms with Crippen LogP contribution in [0.1, 0.15) is 13.2 Å². The molecule has 3 rings (SSSR count). The van der Waals surface area contributed by atoms with Crippen molar-refractivity contribution in [1.82, 2.24) is 14.5 Å². The van der Waals surface area contributed by atoms with Crippen LogP contribution in [-0.2, 0) is 14.3 Å². The number of aliphatic hydroxyl groups excluding tert-OH is 2. The van der Waals surface area contributed by atoms with Gasteiger partial charge < -0.3 is 30.0 Å². The third kappa shape index (κ3) is 2.28. The molecule has 118 valence electrons. The van der Waals surface area contributed by atoms with Crippen LogP contribution in [0.5, 0.6) is 0 Å². The second-order valence-corrected chi connectivity index (χ2v) is 5.03. The highest BCUT2D eigenvalue weighted by atomic mass is 16.6. The van der Waals surface area contributed by atoms with Crippen molar-refractivity contribution < 1.29 is 24.5 Å².